The van der Waals surface area contributed by atoms with Crippen LogP contribution < -0.4 is 11.1 Å². The first-order chi connectivity index (χ1) is 11.0. The highest BCUT2D eigenvalue weighted by molar-refractivity contribution is 7.99. The van der Waals surface area contributed by atoms with Crippen molar-refractivity contribution in [2.75, 3.05) is 16.8 Å². The number of carbonyl (C=O) groups is 1. The fourth-order valence-corrected chi connectivity index (χ4v) is 2.79. The molecule has 2 rings (SSSR count). The molecule has 0 spiro atoms. The van der Waals surface area contributed by atoms with Gasteiger partial charge in [-0.3, -0.25) is 14.9 Å². The lowest BCUT2D eigenvalue weighted by Gasteiger charge is -2.08. The first-order valence-electron chi connectivity index (χ1n) is 6.99. The van der Waals surface area contributed by atoms with Gasteiger partial charge in [0.2, 0.25) is 5.91 Å². The number of nitro benzene ring substituents is 1. The number of thioether (sulfide) groups is 1. The van der Waals surface area contributed by atoms with Gasteiger partial charge in [0, 0.05) is 40.6 Å². The molecular formula is C16H17N3O3S. The summed E-state index contributed by atoms with van der Waals surface area (Å²) in [5.41, 5.74) is 7.60. The molecule has 0 bridgehead atoms. The predicted octanol–water partition coefficient (Wildman–Crippen LogP) is 3.61. The highest BCUT2D eigenvalue weighted by atomic mass is 32.2. The van der Waals surface area contributed by atoms with Crippen LogP contribution in [-0.4, -0.2) is 16.6 Å². The van der Waals surface area contributed by atoms with Gasteiger partial charge in [0.1, 0.15) is 0 Å². The summed E-state index contributed by atoms with van der Waals surface area (Å²) in [6.07, 6.45) is 0.353. The largest absolute Gasteiger partial charge is 0.399 e. The zero-order valence-corrected chi connectivity index (χ0v) is 13.4. The van der Waals surface area contributed by atoms with E-state index < -0.39 is 4.92 Å². The monoisotopic (exact) mass is 331 g/mol. The number of aryl methyl sites for hydroxylation is 1. The van der Waals surface area contributed by atoms with Crippen LogP contribution in [0.25, 0.3) is 0 Å². The molecule has 2 aromatic carbocycles. The normalized spacial score (nSPS) is 10.3. The second-order valence-electron chi connectivity index (χ2n) is 4.97. The highest BCUT2D eigenvalue weighted by Gasteiger charge is 2.10. The lowest BCUT2D eigenvalue weighted by Crippen LogP contribution is -2.13. The molecule has 2 aromatic rings. The molecule has 6 nitrogen and oxygen atoms in total. The van der Waals surface area contributed by atoms with Crippen LogP contribution in [0.15, 0.2) is 47.4 Å². The molecule has 3 N–H and O–H groups in total. The summed E-state index contributed by atoms with van der Waals surface area (Å²) in [4.78, 5) is 23.2. The van der Waals surface area contributed by atoms with Crippen LogP contribution in [0.5, 0.6) is 0 Å². The number of carbonyl (C=O) groups excluding carboxylic acids is 1. The number of nitro groups is 1. The van der Waals surface area contributed by atoms with E-state index in [0.717, 1.165) is 4.90 Å². The summed E-state index contributed by atoms with van der Waals surface area (Å²) in [5, 5.41) is 13.5. The van der Waals surface area contributed by atoms with Crippen molar-refractivity contribution in [2.45, 2.75) is 18.2 Å². The third kappa shape index (κ3) is 5.00. The van der Waals surface area contributed by atoms with Gasteiger partial charge in [0.25, 0.3) is 5.69 Å². The van der Waals surface area contributed by atoms with Crippen LogP contribution in [0.1, 0.15) is 12.0 Å². The van der Waals surface area contributed by atoms with Gasteiger partial charge in [-0.1, -0.05) is 0 Å². The number of hydrogen-bond acceptors (Lipinski definition) is 5. The minimum absolute atomic E-state index is 0.0133. The van der Waals surface area contributed by atoms with Crippen molar-refractivity contribution in [1.82, 2.24) is 0 Å². The molecule has 0 unspecified atom stereocenters. The molecular weight excluding hydrogens is 314 g/mol. The zero-order chi connectivity index (χ0) is 16.8. The second kappa shape index (κ2) is 7.64. The molecule has 1 amide bonds. The quantitative estimate of drug-likeness (QED) is 0.365. The summed E-state index contributed by atoms with van der Waals surface area (Å²) >= 11 is 1.57. The lowest BCUT2D eigenvalue weighted by molar-refractivity contribution is -0.384. The number of amides is 1. The molecule has 0 aliphatic rings. The van der Waals surface area contributed by atoms with Gasteiger partial charge in [-0.15, -0.1) is 11.8 Å². The lowest BCUT2D eigenvalue weighted by atomic mass is 10.2. The smallest absolute Gasteiger partial charge is 0.269 e. The summed E-state index contributed by atoms with van der Waals surface area (Å²) in [6, 6.07) is 11.9. The van der Waals surface area contributed by atoms with E-state index in [9.17, 15) is 14.9 Å². The Bertz CT molecular complexity index is 717. The highest BCUT2D eigenvalue weighted by Crippen LogP contribution is 2.22. The van der Waals surface area contributed by atoms with Crippen molar-refractivity contribution in [1.29, 1.82) is 0 Å². The fraction of sp³-hybridized carbons (Fsp3) is 0.188. The van der Waals surface area contributed by atoms with E-state index in [0.29, 0.717) is 29.1 Å². The third-order valence-corrected chi connectivity index (χ3v) is 4.19. The number of hydrogen-bond donors (Lipinski definition) is 2. The Labute approximate surface area is 138 Å². The third-order valence-electron chi connectivity index (χ3n) is 3.17. The summed E-state index contributed by atoms with van der Waals surface area (Å²) in [5.74, 6) is 0.520. The van der Waals surface area contributed by atoms with E-state index >= 15 is 0 Å². The fourth-order valence-electron chi connectivity index (χ4n) is 1.94. The standard InChI is InChI=1S/C16H17N3O3S/c1-11-10-13(19(21)22)4-7-15(11)18-16(20)8-9-23-14-5-2-12(17)3-6-14/h2-7,10H,8-9,17H2,1H3,(H,18,20). The first-order valence-corrected chi connectivity index (χ1v) is 7.97. The zero-order valence-electron chi connectivity index (χ0n) is 12.6. The van der Waals surface area contributed by atoms with Crippen molar-refractivity contribution in [3.05, 3.63) is 58.1 Å². The van der Waals surface area contributed by atoms with Gasteiger partial charge >= 0.3 is 0 Å². The number of nitrogens with two attached hydrogens (primary N) is 1. The maximum Gasteiger partial charge on any atom is 0.269 e. The van der Waals surface area contributed by atoms with Gasteiger partial charge in [0.15, 0.2) is 0 Å². The molecule has 0 radical (unpaired) electrons. The van der Waals surface area contributed by atoms with Crippen molar-refractivity contribution in [2.24, 2.45) is 0 Å². The van der Waals surface area contributed by atoms with Crippen LogP contribution >= 0.6 is 11.8 Å². The van der Waals surface area contributed by atoms with Crippen molar-refractivity contribution >= 4 is 34.7 Å². The van der Waals surface area contributed by atoms with Crippen molar-refractivity contribution in [3.8, 4) is 0 Å². The van der Waals surface area contributed by atoms with Crippen LogP contribution in [0.3, 0.4) is 0 Å². The number of benzene rings is 2. The minimum Gasteiger partial charge on any atom is -0.399 e. The molecule has 0 fully saturated rings. The Hall–Kier alpha value is -2.54. The Balaban J connectivity index is 1.85. The van der Waals surface area contributed by atoms with Gasteiger partial charge in [0.05, 0.1) is 4.92 Å². The van der Waals surface area contributed by atoms with E-state index in [-0.39, 0.29) is 11.6 Å². The molecule has 0 aliphatic heterocycles. The summed E-state index contributed by atoms with van der Waals surface area (Å²) in [7, 11) is 0. The van der Waals surface area contributed by atoms with Gasteiger partial charge in [-0.05, 0) is 42.8 Å². The molecule has 0 aliphatic carbocycles. The molecule has 23 heavy (non-hydrogen) atoms. The SMILES string of the molecule is Cc1cc([N+](=O)[O-])ccc1NC(=O)CCSc1ccc(N)cc1. The van der Waals surface area contributed by atoms with E-state index in [1.165, 1.54) is 12.1 Å². The number of non-ortho nitro benzene ring substituents is 1. The number of nitrogens with zero attached hydrogens (tertiary/aromatic N) is 1. The van der Waals surface area contributed by atoms with Gasteiger partial charge in [-0.2, -0.15) is 0 Å². The maximum absolute atomic E-state index is 11.9. The Kier molecular flexibility index (Phi) is 5.59. The predicted molar refractivity (Wildman–Crippen MR) is 92.7 cm³/mol. The first kappa shape index (κ1) is 16.8. The van der Waals surface area contributed by atoms with E-state index in [2.05, 4.69) is 5.32 Å². The molecule has 7 heteroatoms. The minimum atomic E-state index is -0.456. The molecule has 0 atom stereocenters. The van der Waals surface area contributed by atoms with E-state index in [4.69, 9.17) is 5.73 Å². The van der Waals surface area contributed by atoms with Gasteiger partial charge in [-0.25, -0.2) is 0 Å². The van der Waals surface area contributed by atoms with Crippen LogP contribution in [0.2, 0.25) is 0 Å². The van der Waals surface area contributed by atoms with Crippen LogP contribution in [-0.2, 0) is 4.79 Å². The maximum atomic E-state index is 11.9. The molecule has 0 saturated carbocycles. The van der Waals surface area contributed by atoms with Gasteiger partial charge < -0.3 is 11.1 Å². The topological polar surface area (TPSA) is 98.3 Å². The average Bonchev–Trinajstić information content (AvgIpc) is 2.51. The van der Waals surface area contributed by atoms with Crippen LogP contribution in [0, 0.1) is 17.0 Å². The molecule has 0 aromatic heterocycles. The van der Waals surface area contributed by atoms with E-state index in [1.54, 1.807) is 24.8 Å². The number of nitrogen functional groups attached to an aromatic ring is 1. The second-order valence-corrected chi connectivity index (χ2v) is 6.14. The Morgan fingerprint density at radius 2 is 1.96 bits per heavy atom. The molecule has 0 heterocycles. The summed E-state index contributed by atoms with van der Waals surface area (Å²) < 4.78 is 0. The van der Waals surface area contributed by atoms with E-state index in [1.807, 2.05) is 24.3 Å². The van der Waals surface area contributed by atoms with Crippen molar-refractivity contribution in [3.63, 3.8) is 0 Å². The number of nitrogens with one attached hydrogen (secondary N) is 1. The Morgan fingerprint density at radius 3 is 2.57 bits per heavy atom. The van der Waals surface area contributed by atoms with Crippen LogP contribution in [0.4, 0.5) is 17.1 Å². The number of anilines is 2. The number of rotatable bonds is 6. The van der Waals surface area contributed by atoms with Crippen molar-refractivity contribution < 1.29 is 9.72 Å². The average molecular weight is 331 g/mol. The summed E-state index contributed by atoms with van der Waals surface area (Å²) in [6.45, 7) is 1.73. The molecule has 0 saturated heterocycles. The Morgan fingerprint density at radius 1 is 1.26 bits per heavy atom. The molecule has 120 valence electrons.